The monoisotopic (exact) mass is 303 g/mol. The minimum absolute atomic E-state index is 0.0179. The second-order valence-corrected chi connectivity index (χ2v) is 5.98. The van der Waals surface area contributed by atoms with E-state index in [1.165, 1.54) is 0 Å². The van der Waals surface area contributed by atoms with Gasteiger partial charge < -0.3 is 16.0 Å². The zero-order valence-corrected chi connectivity index (χ0v) is 13.2. The molecule has 0 radical (unpaired) electrons. The predicted molar refractivity (Wildman–Crippen MR) is 85.8 cm³/mol. The normalized spacial score (nSPS) is 15.9. The van der Waals surface area contributed by atoms with Crippen LogP contribution in [0.25, 0.3) is 0 Å². The number of nitrogens with zero attached hydrogens (tertiary/aromatic N) is 1. The standard InChI is InChI=1S/C17H25N3O2/c1-13(18)8-9-16(21)19-11-14-5-2-3-6-15(14)12-20-10-4-7-17(20)22/h2-3,5-6,13H,4,7-12,18H2,1H3,(H,19,21). The molecule has 2 amide bonds. The molecule has 0 bridgehead atoms. The first-order chi connectivity index (χ1) is 10.6. The maximum atomic E-state index is 11.8. The van der Waals surface area contributed by atoms with E-state index in [1.54, 1.807) is 0 Å². The summed E-state index contributed by atoms with van der Waals surface area (Å²) >= 11 is 0. The molecule has 5 heteroatoms. The van der Waals surface area contributed by atoms with Gasteiger partial charge in [0.2, 0.25) is 11.8 Å². The molecule has 120 valence electrons. The third kappa shape index (κ3) is 4.84. The molecule has 22 heavy (non-hydrogen) atoms. The van der Waals surface area contributed by atoms with Gasteiger partial charge in [0.05, 0.1) is 0 Å². The molecule has 1 atom stereocenters. The van der Waals surface area contributed by atoms with Gasteiger partial charge in [0.25, 0.3) is 0 Å². The Morgan fingerprint density at radius 1 is 1.36 bits per heavy atom. The Morgan fingerprint density at radius 2 is 2.09 bits per heavy atom. The van der Waals surface area contributed by atoms with E-state index in [0.29, 0.717) is 32.4 Å². The van der Waals surface area contributed by atoms with E-state index in [2.05, 4.69) is 5.32 Å². The maximum Gasteiger partial charge on any atom is 0.222 e. The molecule has 0 aromatic heterocycles. The highest BCUT2D eigenvalue weighted by Crippen LogP contribution is 2.17. The Balaban J connectivity index is 1.90. The number of hydrogen-bond donors (Lipinski definition) is 2. The summed E-state index contributed by atoms with van der Waals surface area (Å²) in [6, 6.07) is 7.99. The highest BCUT2D eigenvalue weighted by molar-refractivity contribution is 5.78. The quantitative estimate of drug-likeness (QED) is 0.802. The van der Waals surface area contributed by atoms with E-state index in [1.807, 2.05) is 36.1 Å². The molecule has 1 aliphatic heterocycles. The van der Waals surface area contributed by atoms with Crippen LogP contribution in [0.3, 0.4) is 0 Å². The van der Waals surface area contributed by atoms with Gasteiger partial charge >= 0.3 is 0 Å². The van der Waals surface area contributed by atoms with Crippen LogP contribution >= 0.6 is 0 Å². The number of rotatable bonds is 7. The number of nitrogens with one attached hydrogen (secondary N) is 1. The number of carbonyl (C=O) groups is 2. The molecule has 1 fully saturated rings. The Morgan fingerprint density at radius 3 is 2.73 bits per heavy atom. The first-order valence-electron chi connectivity index (χ1n) is 7.93. The number of amides is 2. The zero-order valence-electron chi connectivity index (χ0n) is 13.2. The van der Waals surface area contributed by atoms with Crippen molar-refractivity contribution in [3.05, 3.63) is 35.4 Å². The second-order valence-electron chi connectivity index (χ2n) is 5.98. The maximum absolute atomic E-state index is 11.8. The molecule has 1 saturated heterocycles. The highest BCUT2D eigenvalue weighted by atomic mass is 16.2. The van der Waals surface area contributed by atoms with Crippen molar-refractivity contribution in [1.82, 2.24) is 10.2 Å². The van der Waals surface area contributed by atoms with Crippen LogP contribution < -0.4 is 11.1 Å². The van der Waals surface area contributed by atoms with E-state index in [4.69, 9.17) is 5.73 Å². The third-order valence-corrected chi connectivity index (χ3v) is 3.95. The van der Waals surface area contributed by atoms with Crippen molar-refractivity contribution in [2.75, 3.05) is 6.54 Å². The molecular formula is C17H25N3O2. The molecule has 2 rings (SSSR count). The fraction of sp³-hybridized carbons (Fsp3) is 0.529. The van der Waals surface area contributed by atoms with Crippen LogP contribution in [0.1, 0.15) is 43.7 Å². The smallest absolute Gasteiger partial charge is 0.222 e. The van der Waals surface area contributed by atoms with E-state index in [-0.39, 0.29) is 17.9 Å². The van der Waals surface area contributed by atoms with Crippen LogP contribution in [-0.2, 0) is 22.7 Å². The van der Waals surface area contributed by atoms with Crippen LogP contribution in [0.5, 0.6) is 0 Å². The summed E-state index contributed by atoms with van der Waals surface area (Å²) in [5.41, 5.74) is 7.83. The first-order valence-corrected chi connectivity index (χ1v) is 7.93. The van der Waals surface area contributed by atoms with Crippen molar-refractivity contribution in [2.24, 2.45) is 5.73 Å². The van der Waals surface area contributed by atoms with E-state index in [0.717, 1.165) is 24.1 Å². The summed E-state index contributed by atoms with van der Waals surface area (Å²) < 4.78 is 0. The number of likely N-dealkylation sites (tertiary alicyclic amines) is 1. The molecule has 1 aromatic rings. The summed E-state index contributed by atoms with van der Waals surface area (Å²) in [5, 5.41) is 2.93. The van der Waals surface area contributed by atoms with Crippen LogP contribution in [0.15, 0.2) is 24.3 Å². The summed E-state index contributed by atoms with van der Waals surface area (Å²) in [5.74, 6) is 0.236. The van der Waals surface area contributed by atoms with Gasteiger partial charge in [-0.15, -0.1) is 0 Å². The lowest BCUT2D eigenvalue weighted by molar-refractivity contribution is -0.128. The molecular weight excluding hydrogens is 278 g/mol. The number of benzene rings is 1. The fourth-order valence-corrected chi connectivity index (χ4v) is 2.60. The molecule has 5 nitrogen and oxygen atoms in total. The Hall–Kier alpha value is -1.88. The minimum atomic E-state index is 0.0179. The summed E-state index contributed by atoms with van der Waals surface area (Å²) in [7, 11) is 0. The van der Waals surface area contributed by atoms with Crippen molar-refractivity contribution >= 4 is 11.8 Å². The van der Waals surface area contributed by atoms with E-state index >= 15 is 0 Å². The average molecular weight is 303 g/mol. The fourth-order valence-electron chi connectivity index (χ4n) is 2.60. The second kappa shape index (κ2) is 7.94. The van der Waals surface area contributed by atoms with Gasteiger partial charge in [0.1, 0.15) is 0 Å². The van der Waals surface area contributed by atoms with Gasteiger partial charge in [-0.3, -0.25) is 9.59 Å². The zero-order chi connectivity index (χ0) is 15.9. The number of nitrogens with two attached hydrogens (primary N) is 1. The lowest BCUT2D eigenvalue weighted by Gasteiger charge is -2.18. The number of carbonyl (C=O) groups excluding carboxylic acids is 2. The minimum Gasteiger partial charge on any atom is -0.352 e. The Labute approximate surface area is 131 Å². The van der Waals surface area contributed by atoms with Gasteiger partial charge in [-0.05, 0) is 30.9 Å². The molecule has 0 spiro atoms. The van der Waals surface area contributed by atoms with Crippen LogP contribution in [0.2, 0.25) is 0 Å². The van der Waals surface area contributed by atoms with Crippen molar-refractivity contribution in [1.29, 1.82) is 0 Å². The molecule has 3 N–H and O–H groups in total. The summed E-state index contributed by atoms with van der Waals surface area (Å²) in [6.07, 6.45) is 2.73. The van der Waals surface area contributed by atoms with Gasteiger partial charge in [-0.1, -0.05) is 24.3 Å². The predicted octanol–water partition coefficient (Wildman–Crippen LogP) is 1.55. The molecule has 0 saturated carbocycles. The van der Waals surface area contributed by atoms with Crippen molar-refractivity contribution in [3.8, 4) is 0 Å². The Kier molecular flexibility index (Phi) is 5.95. The molecule has 1 aromatic carbocycles. The third-order valence-electron chi connectivity index (χ3n) is 3.95. The Bertz CT molecular complexity index is 528. The van der Waals surface area contributed by atoms with Crippen LogP contribution in [-0.4, -0.2) is 29.3 Å². The van der Waals surface area contributed by atoms with Gasteiger partial charge in [-0.25, -0.2) is 0 Å². The van der Waals surface area contributed by atoms with Crippen molar-refractivity contribution in [3.63, 3.8) is 0 Å². The van der Waals surface area contributed by atoms with E-state index < -0.39 is 0 Å². The molecule has 1 heterocycles. The van der Waals surface area contributed by atoms with Gasteiger partial charge in [-0.2, -0.15) is 0 Å². The molecule has 1 unspecified atom stereocenters. The van der Waals surface area contributed by atoms with E-state index in [9.17, 15) is 9.59 Å². The number of hydrogen-bond acceptors (Lipinski definition) is 3. The average Bonchev–Trinajstić information content (AvgIpc) is 2.89. The van der Waals surface area contributed by atoms with Gasteiger partial charge in [0, 0.05) is 38.5 Å². The largest absolute Gasteiger partial charge is 0.352 e. The highest BCUT2D eigenvalue weighted by Gasteiger charge is 2.20. The van der Waals surface area contributed by atoms with Crippen molar-refractivity contribution < 1.29 is 9.59 Å². The van der Waals surface area contributed by atoms with Crippen LogP contribution in [0.4, 0.5) is 0 Å². The van der Waals surface area contributed by atoms with Crippen LogP contribution in [0, 0.1) is 0 Å². The molecule has 1 aliphatic rings. The topological polar surface area (TPSA) is 75.4 Å². The lowest BCUT2D eigenvalue weighted by atomic mass is 10.1. The van der Waals surface area contributed by atoms with Crippen molar-refractivity contribution in [2.45, 2.75) is 51.7 Å². The summed E-state index contributed by atoms with van der Waals surface area (Å²) in [4.78, 5) is 25.4. The SMILES string of the molecule is CC(N)CCC(=O)NCc1ccccc1CN1CCCC1=O. The summed E-state index contributed by atoms with van der Waals surface area (Å²) in [6.45, 7) is 3.85. The van der Waals surface area contributed by atoms with Gasteiger partial charge in [0.15, 0.2) is 0 Å². The molecule has 0 aliphatic carbocycles. The lowest BCUT2D eigenvalue weighted by Crippen LogP contribution is -2.27. The first kappa shape index (κ1) is 16.5.